The molecule has 39 heavy (non-hydrogen) atoms. The molecule has 2 heterocycles. The first-order valence-corrected chi connectivity index (χ1v) is 14.8. The molecule has 5 rings (SSSR count). The molecule has 0 spiro atoms. The van der Waals surface area contributed by atoms with Crippen molar-refractivity contribution in [3.8, 4) is 0 Å². The summed E-state index contributed by atoms with van der Waals surface area (Å²) < 4.78 is 32.3. The van der Waals surface area contributed by atoms with Gasteiger partial charge in [0, 0.05) is 34.6 Å². The van der Waals surface area contributed by atoms with Gasteiger partial charge in [0.25, 0.3) is 5.96 Å². The number of piperidine rings is 1. The van der Waals surface area contributed by atoms with Gasteiger partial charge in [0.2, 0.25) is 0 Å². The van der Waals surface area contributed by atoms with Gasteiger partial charge in [-0.2, -0.15) is 22.8 Å². The normalized spacial score (nSPS) is 19.3. The zero-order valence-corrected chi connectivity index (χ0v) is 23.4. The minimum absolute atomic E-state index is 0.0991. The van der Waals surface area contributed by atoms with E-state index in [1.807, 2.05) is 42.5 Å². The Labute approximate surface area is 238 Å². The Morgan fingerprint density at radius 3 is 2.13 bits per heavy atom. The molecule has 2 aliphatic heterocycles. The minimum atomic E-state index is -4.02. The average molecular weight is 584 g/mol. The number of hydrazone groups is 1. The second-order valence-corrected chi connectivity index (χ2v) is 11.8. The van der Waals surface area contributed by atoms with Crippen LogP contribution in [0.2, 0.25) is 10.0 Å². The van der Waals surface area contributed by atoms with E-state index in [0.717, 1.165) is 36.1 Å². The number of nitrogens with two attached hydrogens (primary N) is 1. The lowest BCUT2D eigenvalue weighted by Gasteiger charge is -2.24. The highest BCUT2D eigenvalue weighted by Crippen LogP contribution is 2.30. The molecule has 0 amide bonds. The van der Waals surface area contributed by atoms with Gasteiger partial charge in [-0.3, -0.25) is 0 Å². The average Bonchev–Trinajstić information content (AvgIpc) is 3.40. The maximum Gasteiger partial charge on any atom is 0.325 e. The molecule has 3 aromatic carbocycles. The summed E-state index contributed by atoms with van der Waals surface area (Å²) in [6.07, 6.45) is 2.57. The second-order valence-electron chi connectivity index (χ2n) is 9.37. The van der Waals surface area contributed by atoms with Gasteiger partial charge in [-0.05, 0) is 60.4 Å². The monoisotopic (exact) mass is 582 g/mol. The van der Waals surface area contributed by atoms with Gasteiger partial charge in [-0.1, -0.05) is 72.1 Å². The molecular weight excluding hydrogens is 555 g/mol. The molecule has 0 aromatic heterocycles. The maximum atomic E-state index is 13.4. The molecule has 0 bridgehead atoms. The zero-order chi connectivity index (χ0) is 27.4. The number of benzene rings is 3. The first kappa shape index (κ1) is 27.3. The summed E-state index contributed by atoms with van der Waals surface area (Å²) in [6.45, 7) is 1.16. The van der Waals surface area contributed by atoms with Crippen LogP contribution in [0.15, 0.2) is 93.4 Å². The summed E-state index contributed by atoms with van der Waals surface area (Å²) in [6, 6.07) is 24.1. The number of amidine groups is 1. The van der Waals surface area contributed by atoms with E-state index in [1.165, 1.54) is 9.31 Å². The first-order valence-electron chi connectivity index (χ1n) is 12.7. The van der Waals surface area contributed by atoms with Crippen LogP contribution >= 0.6 is 23.2 Å². The lowest BCUT2D eigenvalue weighted by Crippen LogP contribution is -2.36. The van der Waals surface area contributed by atoms with Crippen LogP contribution < -0.4 is 5.73 Å². The molecule has 0 radical (unpaired) electrons. The van der Waals surface area contributed by atoms with Crippen LogP contribution in [0.25, 0.3) is 0 Å². The van der Waals surface area contributed by atoms with Gasteiger partial charge >= 0.3 is 10.2 Å². The standard InChI is InChI=1S/C28H28Cl2N6O2S/c29-23-13-9-21(10-14-23)26-25(20-7-3-1-4-8-20)19-36(33-26)28(32-27(31)22-11-15-24(30)16-12-22)34-39(37,38)35-17-5-2-6-18-35/h1,3-4,7-16,25H,2,5-6,17-19H2,(H2,31,32,34). The van der Waals surface area contributed by atoms with Crippen LogP contribution in [-0.2, 0) is 10.2 Å². The van der Waals surface area contributed by atoms with E-state index < -0.39 is 10.2 Å². The fraction of sp³-hybridized carbons (Fsp3) is 0.250. The molecule has 2 aliphatic rings. The second kappa shape index (κ2) is 11.9. The van der Waals surface area contributed by atoms with E-state index in [-0.39, 0.29) is 17.7 Å². The van der Waals surface area contributed by atoms with Gasteiger partial charge in [0.15, 0.2) is 0 Å². The van der Waals surface area contributed by atoms with Crippen molar-refractivity contribution in [2.24, 2.45) is 20.2 Å². The highest BCUT2D eigenvalue weighted by Gasteiger charge is 2.33. The summed E-state index contributed by atoms with van der Waals surface area (Å²) in [5, 5.41) is 7.53. The van der Waals surface area contributed by atoms with Crippen LogP contribution in [0.1, 0.15) is 41.9 Å². The molecule has 0 saturated carbocycles. The third kappa shape index (κ3) is 6.50. The van der Waals surface area contributed by atoms with Crippen molar-refractivity contribution in [3.63, 3.8) is 0 Å². The van der Waals surface area contributed by atoms with Gasteiger partial charge in [-0.25, -0.2) is 5.01 Å². The third-order valence-corrected chi connectivity index (χ3v) is 8.60. The Balaban J connectivity index is 1.60. The van der Waals surface area contributed by atoms with Crippen molar-refractivity contribution < 1.29 is 8.42 Å². The van der Waals surface area contributed by atoms with Crippen molar-refractivity contribution in [3.05, 3.63) is 106 Å². The van der Waals surface area contributed by atoms with Crippen LogP contribution in [0.4, 0.5) is 0 Å². The molecule has 1 saturated heterocycles. The Bertz CT molecular complexity index is 1500. The van der Waals surface area contributed by atoms with E-state index >= 15 is 0 Å². The lowest BCUT2D eigenvalue weighted by atomic mass is 9.91. The largest absolute Gasteiger partial charge is 0.383 e. The van der Waals surface area contributed by atoms with Crippen LogP contribution in [0, 0.1) is 0 Å². The highest BCUT2D eigenvalue weighted by atomic mass is 35.5. The summed E-state index contributed by atoms with van der Waals surface area (Å²) in [5.41, 5.74) is 9.58. The summed E-state index contributed by atoms with van der Waals surface area (Å²) in [5.74, 6) is -0.161. The predicted octanol–water partition coefficient (Wildman–Crippen LogP) is 5.29. The molecule has 1 unspecified atom stereocenters. The first-order chi connectivity index (χ1) is 18.8. The topological polar surface area (TPSA) is 104 Å². The molecule has 0 aliphatic carbocycles. The quantitative estimate of drug-likeness (QED) is 0.326. The fourth-order valence-electron chi connectivity index (χ4n) is 4.63. The number of hydrogen-bond donors (Lipinski definition) is 1. The number of nitrogens with zero attached hydrogens (tertiary/aromatic N) is 5. The lowest BCUT2D eigenvalue weighted by molar-refractivity contribution is 0.346. The molecule has 8 nitrogen and oxygen atoms in total. The Hall–Kier alpha value is -3.24. The smallest absolute Gasteiger partial charge is 0.325 e. The molecule has 2 N–H and O–H groups in total. The zero-order valence-electron chi connectivity index (χ0n) is 21.1. The van der Waals surface area contributed by atoms with Gasteiger partial charge in [0.1, 0.15) is 5.84 Å². The van der Waals surface area contributed by atoms with E-state index in [4.69, 9.17) is 34.0 Å². The van der Waals surface area contributed by atoms with Gasteiger partial charge < -0.3 is 5.73 Å². The summed E-state index contributed by atoms with van der Waals surface area (Å²) >= 11 is 12.2. The van der Waals surface area contributed by atoms with E-state index in [0.29, 0.717) is 35.2 Å². The Kier molecular flexibility index (Phi) is 8.32. The molecule has 1 atom stereocenters. The molecule has 11 heteroatoms. The minimum Gasteiger partial charge on any atom is -0.383 e. The van der Waals surface area contributed by atoms with E-state index in [2.05, 4.69) is 9.39 Å². The molecule has 202 valence electrons. The van der Waals surface area contributed by atoms with Crippen molar-refractivity contribution in [1.82, 2.24) is 9.31 Å². The molecule has 3 aromatic rings. The molecule has 1 fully saturated rings. The Morgan fingerprint density at radius 1 is 0.872 bits per heavy atom. The van der Waals surface area contributed by atoms with Crippen molar-refractivity contribution >= 4 is 50.9 Å². The van der Waals surface area contributed by atoms with Crippen molar-refractivity contribution in [2.75, 3.05) is 19.6 Å². The molecular formula is C28H28Cl2N6O2S. The SMILES string of the molecule is NC(=NC(=NS(=O)(=O)N1CCCCC1)N1CC(c2ccccc2)C(c2ccc(Cl)cc2)=N1)c1ccc(Cl)cc1. The van der Waals surface area contributed by atoms with E-state index in [9.17, 15) is 8.42 Å². The van der Waals surface area contributed by atoms with Crippen molar-refractivity contribution in [1.29, 1.82) is 0 Å². The van der Waals surface area contributed by atoms with Crippen LogP contribution in [-0.4, -0.2) is 54.9 Å². The summed E-state index contributed by atoms with van der Waals surface area (Å²) in [7, 11) is -4.02. The number of guanidine groups is 1. The maximum absolute atomic E-state index is 13.4. The highest BCUT2D eigenvalue weighted by molar-refractivity contribution is 7.87. The fourth-order valence-corrected chi connectivity index (χ4v) is 6.06. The summed E-state index contributed by atoms with van der Waals surface area (Å²) in [4.78, 5) is 4.50. The number of aliphatic imine (C=N–C) groups is 1. The predicted molar refractivity (Wildman–Crippen MR) is 158 cm³/mol. The van der Waals surface area contributed by atoms with E-state index in [1.54, 1.807) is 36.4 Å². The van der Waals surface area contributed by atoms with Crippen LogP contribution in [0.3, 0.4) is 0 Å². The third-order valence-electron chi connectivity index (χ3n) is 6.69. The number of hydrogen-bond acceptors (Lipinski definition) is 3. The van der Waals surface area contributed by atoms with Gasteiger partial charge in [0.05, 0.1) is 12.3 Å². The number of halogens is 2. The number of rotatable bonds is 5. The van der Waals surface area contributed by atoms with Gasteiger partial charge in [-0.15, -0.1) is 4.40 Å². The van der Waals surface area contributed by atoms with Crippen molar-refractivity contribution in [2.45, 2.75) is 25.2 Å². The Morgan fingerprint density at radius 2 is 1.49 bits per heavy atom. The van der Waals surface area contributed by atoms with Crippen LogP contribution in [0.5, 0.6) is 0 Å².